The Morgan fingerprint density at radius 3 is 2.35 bits per heavy atom. The third kappa shape index (κ3) is 8.72. The molecule has 1 aliphatic rings. The quantitative estimate of drug-likeness (QED) is 0.213. The van der Waals surface area contributed by atoms with E-state index in [4.69, 9.17) is 14.6 Å². The molecule has 4 rings (SSSR count). The van der Waals surface area contributed by atoms with Crippen LogP contribution in [-0.2, 0) is 25.7 Å². The molecule has 0 saturated carbocycles. The number of rotatable bonds is 13. The molecule has 4 N–H and O–H groups in total. The van der Waals surface area contributed by atoms with Gasteiger partial charge >= 0.3 is 5.97 Å². The van der Waals surface area contributed by atoms with Gasteiger partial charge in [0.15, 0.2) is 6.29 Å². The molecule has 1 saturated heterocycles. The predicted octanol–water partition coefficient (Wildman–Crippen LogP) is 5.22. The SMILES string of the molecule is C[C@H]1[C@@H](CN(C)[C@@H](C)[C@H](O)c2ccccc2)O[C@@H](c2cccc(NC(=O)CCCC(=O)O)c2)O[C@H]1c1ccc(CO)cc1. The third-order valence-electron chi connectivity index (χ3n) is 8.12. The van der Waals surface area contributed by atoms with E-state index >= 15 is 0 Å². The first-order valence-corrected chi connectivity index (χ1v) is 14.7. The minimum absolute atomic E-state index is 0.0446. The molecule has 43 heavy (non-hydrogen) atoms. The van der Waals surface area contributed by atoms with Crippen LogP contribution in [0, 0.1) is 5.92 Å². The molecule has 1 fully saturated rings. The molecule has 1 heterocycles. The number of ether oxygens (including phenoxy) is 2. The zero-order chi connectivity index (χ0) is 30.9. The van der Waals surface area contributed by atoms with Crippen molar-refractivity contribution in [1.29, 1.82) is 0 Å². The van der Waals surface area contributed by atoms with E-state index in [0.717, 1.165) is 22.3 Å². The number of hydrogen-bond donors (Lipinski definition) is 4. The molecule has 9 heteroatoms. The monoisotopic (exact) mass is 590 g/mol. The van der Waals surface area contributed by atoms with Gasteiger partial charge in [0.1, 0.15) is 0 Å². The summed E-state index contributed by atoms with van der Waals surface area (Å²) < 4.78 is 13.1. The highest BCUT2D eigenvalue weighted by molar-refractivity contribution is 5.90. The number of nitrogens with zero attached hydrogens (tertiary/aromatic N) is 1. The first-order valence-electron chi connectivity index (χ1n) is 14.7. The first kappa shape index (κ1) is 32.3. The summed E-state index contributed by atoms with van der Waals surface area (Å²) in [5, 5.41) is 32.3. The van der Waals surface area contributed by atoms with Crippen molar-refractivity contribution in [1.82, 2.24) is 4.90 Å². The number of hydrogen-bond acceptors (Lipinski definition) is 7. The average molecular weight is 591 g/mol. The van der Waals surface area contributed by atoms with Gasteiger partial charge in [0.25, 0.3) is 0 Å². The average Bonchev–Trinajstić information content (AvgIpc) is 3.01. The second-order valence-corrected chi connectivity index (χ2v) is 11.3. The molecule has 9 nitrogen and oxygen atoms in total. The lowest BCUT2D eigenvalue weighted by Crippen LogP contribution is -2.46. The lowest BCUT2D eigenvalue weighted by Gasteiger charge is -2.43. The molecule has 0 bridgehead atoms. The third-order valence-corrected chi connectivity index (χ3v) is 8.12. The highest BCUT2D eigenvalue weighted by Crippen LogP contribution is 2.42. The summed E-state index contributed by atoms with van der Waals surface area (Å²) in [6, 6.07) is 24.4. The summed E-state index contributed by atoms with van der Waals surface area (Å²) in [7, 11) is 1.98. The fourth-order valence-electron chi connectivity index (χ4n) is 5.33. The number of carbonyl (C=O) groups is 2. The van der Waals surface area contributed by atoms with Crippen LogP contribution < -0.4 is 5.32 Å². The van der Waals surface area contributed by atoms with Gasteiger partial charge in [-0.25, -0.2) is 0 Å². The summed E-state index contributed by atoms with van der Waals surface area (Å²) in [6.07, 6.45) is -1.66. The van der Waals surface area contributed by atoms with Crippen LogP contribution in [0.25, 0.3) is 0 Å². The minimum Gasteiger partial charge on any atom is -0.481 e. The second-order valence-electron chi connectivity index (χ2n) is 11.3. The van der Waals surface area contributed by atoms with E-state index in [2.05, 4.69) is 17.1 Å². The van der Waals surface area contributed by atoms with E-state index in [1.807, 2.05) is 86.8 Å². The molecule has 3 aromatic rings. The zero-order valence-electron chi connectivity index (χ0n) is 24.9. The highest BCUT2D eigenvalue weighted by Gasteiger charge is 2.39. The molecular formula is C34H42N2O7. The van der Waals surface area contributed by atoms with Crippen molar-refractivity contribution in [2.75, 3.05) is 18.9 Å². The van der Waals surface area contributed by atoms with Crippen molar-refractivity contribution in [2.24, 2.45) is 5.92 Å². The number of carbonyl (C=O) groups excluding carboxylic acids is 1. The van der Waals surface area contributed by atoms with Gasteiger partial charge in [0.05, 0.1) is 24.9 Å². The summed E-state index contributed by atoms with van der Waals surface area (Å²) in [5.74, 6) is -1.23. The predicted molar refractivity (Wildman–Crippen MR) is 163 cm³/mol. The molecule has 1 amide bonds. The van der Waals surface area contributed by atoms with E-state index in [-0.39, 0.29) is 55.9 Å². The smallest absolute Gasteiger partial charge is 0.303 e. The van der Waals surface area contributed by atoms with Crippen molar-refractivity contribution in [2.45, 2.75) is 70.4 Å². The fraction of sp³-hybridized carbons (Fsp3) is 0.412. The van der Waals surface area contributed by atoms with Crippen molar-refractivity contribution >= 4 is 17.6 Å². The van der Waals surface area contributed by atoms with Crippen LogP contribution in [0.1, 0.15) is 73.9 Å². The highest BCUT2D eigenvalue weighted by atomic mass is 16.7. The van der Waals surface area contributed by atoms with Crippen molar-refractivity contribution in [3.8, 4) is 0 Å². The molecule has 0 unspecified atom stereocenters. The van der Waals surface area contributed by atoms with Gasteiger partial charge in [-0.3, -0.25) is 14.5 Å². The Morgan fingerprint density at radius 2 is 1.67 bits per heavy atom. The van der Waals surface area contributed by atoms with Gasteiger partial charge < -0.3 is 30.1 Å². The molecule has 3 aromatic carbocycles. The van der Waals surface area contributed by atoms with Crippen molar-refractivity contribution < 1.29 is 34.4 Å². The van der Waals surface area contributed by atoms with E-state index in [9.17, 15) is 19.8 Å². The lowest BCUT2D eigenvalue weighted by molar-refractivity contribution is -0.276. The number of aliphatic carboxylic acids is 1. The minimum atomic E-state index is -0.930. The van der Waals surface area contributed by atoms with Crippen LogP contribution in [0.3, 0.4) is 0 Å². The maximum Gasteiger partial charge on any atom is 0.303 e. The standard InChI is InChI=1S/C34H42N2O7/c1-22-29(20-36(3)23(2)32(41)25-9-5-4-6-10-25)42-34(43-33(22)26-17-15-24(21-37)16-18-26)27-11-7-12-28(19-27)35-30(38)13-8-14-31(39)40/h4-7,9-12,15-19,22-23,29,32-34,37,41H,8,13-14,20-21H2,1-3H3,(H,35,38)(H,39,40)/t22-,23-,29+,32-,33+,34+/m0/s1. The molecule has 0 aliphatic carbocycles. The van der Waals surface area contributed by atoms with E-state index in [1.165, 1.54) is 0 Å². The molecule has 6 atom stereocenters. The summed E-state index contributed by atoms with van der Waals surface area (Å²) in [6.45, 7) is 4.58. The Balaban J connectivity index is 1.54. The normalized spacial score (nSPS) is 21.7. The number of amides is 1. The van der Waals surface area contributed by atoms with E-state index < -0.39 is 18.4 Å². The summed E-state index contributed by atoms with van der Waals surface area (Å²) in [5.41, 5.74) is 3.93. The van der Waals surface area contributed by atoms with Crippen LogP contribution in [-0.4, -0.2) is 57.8 Å². The van der Waals surface area contributed by atoms with Crippen molar-refractivity contribution in [3.63, 3.8) is 0 Å². The Kier molecular flexibility index (Phi) is 11.4. The van der Waals surface area contributed by atoms with Crippen LogP contribution in [0.5, 0.6) is 0 Å². The number of aliphatic hydroxyl groups is 2. The number of likely N-dealkylation sites (N-methyl/N-ethyl adjacent to an activating group) is 1. The second kappa shape index (κ2) is 15.2. The topological polar surface area (TPSA) is 129 Å². The molecule has 0 aromatic heterocycles. The van der Waals surface area contributed by atoms with Crippen LogP contribution in [0.4, 0.5) is 5.69 Å². The Labute approximate surface area is 253 Å². The maximum absolute atomic E-state index is 12.4. The van der Waals surface area contributed by atoms with Gasteiger partial charge in [0.2, 0.25) is 5.91 Å². The van der Waals surface area contributed by atoms with Crippen LogP contribution in [0.2, 0.25) is 0 Å². The molecule has 0 radical (unpaired) electrons. The molecular weight excluding hydrogens is 548 g/mol. The largest absolute Gasteiger partial charge is 0.481 e. The first-order chi connectivity index (χ1) is 20.7. The van der Waals surface area contributed by atoms with Crippen molar-refractivity contribution in [3.05, 3.63) is 101 Å². The van der Waals surface area contributed by atoms with Gasteiger partial charge in [-0.2, -0.15) is 0 Å². The maximum atomic E-state index is 12.4. The number of nitrogens with one attached hydrogen (secondary N) is 1. The zero-order valence-corrected chi connectivity index (χ0v) is 24.9. The van der Waals surface area contributed by atoms with E-state index in [1.54, 1.807) is 6.07 Å². The Bertz CT molecular complexity index is 1330. The summed E-state index contributed by atoms with van der Waals surface area (Å²) in [4.78, 5) is 25.3. The summed E-state index contributed by atoms with van der Waals surface area (Å²) >= 11 is 0. The number of aliphatic hydroxyl groups excluding tert-OH is 2. The molecule has 0 spiro atoms. The van der Waals surface area contributed by atoms with Gasteiger partial charge in [-0.15, -0.1) is 0 Å². The lowest BCUT2D eigenvalue weighted by atomic mass is 9.89. The van der Waals surface area contributed by atoms with E-state index in [0.29, 0.717) is 12.2 Å². The fourth-order valence-corrected chi connectivity index (χ4v) is 5.33. The number of anilines is 1. The number of carboxylic acid groups (broad SMARTS) is 1. The van der Waals surface area contributed by atoms with Crippen LogP contribution in [0.15, 0.2) is 78.9 Å². The Morgan fingerprint density at radius 1 is 0.953 bits per heavy atom. The number of benzene rings is 3. The van der Waals surface area contributed by atoms with Gasteiger partial charge in [-0.05, 0) is 49.2 Å². The van der Waals surface area contributed by atoms with Gasteiger partial charge in [-0.1, -0.05) is 73.7 Å². The molecule has 1 aliphatic heterocycles. The van der Waals surface area contributed by atoms with Gasteiger partial charge in [0, 0.05) is 42.6 Å². The van der Waals surface area contributed by atoms with Crippen LogP contribution >= 0.6 is 0 Å². The molecule has 230 valence electrons. The number of carboxylic acids is 1. The Hall–Kier alpha value is -3.60.